The van der Waals surface area contributed by atoms with Gasteiger partial charge in [-0.2, -0.15) is 0 Å². The molecule has 0 spiro atoms. The number of fused-ring (bicyclic) bond motifs is 1. The fraction of sp³-hybridized carbons (Fsp3) is 0.320. The molecule has 1 atom stereocenters. The van der Waals surface area contributed by atoms with Crippen LogP contribution in [0, 0.1) is 5.92 Å². The zero-order valence-corrected chi connectivity index (χ0v) is 17.8. The summed E-state index contributed by atoms with van der Waals surface area (Å²) in [6.45, 7) is 4.03. The normalized spacial score (nSPS) is 21.5. The number of carbonyl (C=O) groups is 1. The maximum absolute atomic E-state index is 13.2. The SMILES string of the molecule is COc1ccc(C2=CN3C(=O)C=C(C4=CCNCC4)C(C)CC=C3C=C2)cc1OC. The number of allylic oxidation sites excluding steroid dienone is 5. The van der Waals surface area contributed by atoms with Gasteiger partial charge in [0.15, 0.2) is 11.5 Å². The van der Waals surface area contributed by atoms with Gasteiger partial charge in [-0.05, 0) is 65.8 Å². The van der Waals surface area contributed by atoms with Crippen molar-refractivity contribution in [2.45, 2.75) is 19.8 Å². The smallest absolute Gasteiger partial charge is 0.255 e. The van der Waals surface area contributed by atoms with Gasteiger partial charge in [-0.15, -0.1) is 0 Å². The minimum atomic E-state index is -0.00967. The van der Waals surface area contributed by atoms with Crippen LogP contribution in [0.25, 0.3) is 5.57 Å². The Hall–Kier alpha value is -3.05. The van der Waals surface area contributed by atoms with Gasteiger partial charge >= 0.3 is 0 Å². The minimum absolute atomic E-state index is 0.00967. The highest BCUT2D eigenvalue weighted by atomic mass is 16.5. The van der Waals surface area contributed by atoms with Crippen molar-refractivity contribution >= 4 is 11.5 Å². The Labute approximate surface area is 178 Å². The first-order chi connectivity index (χ1) is 14.6. The van der Waals surface area contributed by atoms with Crippen LogP contribution in [0.15, 0.2) is 71.6 Å². The molecule has 5 heteroatoms. The third-order valence-electron chi connectivity index (χ3n) is 5.86. The highest BCUT2D eigenvalue weighted by molar-refractivity contribution is 5.94. The van der Waals surface area contributed by atoms with Gasteiger partial charge in [0, 0.05) is 24.5 Å². The molecule has 156 valence electrons. The molecular weight excluding hydrogens is 376 g/mol. The van der Waals surface area contributed by atoms with Crippen LogP contribution in [-0.4, -0.2) is 38.1 Å². The molecule has 0 saturated heterocycles. The van der Waals surface area contributed by atoms with E-state index in [1.165, 1.54) is 5.57 Å². The minimum Gasteiger partial charge on any atom is -0.493 e. The van der Waals surface area contributed by atoms with Crippen molar-refractivity contribution in [2.75, 3.05) is 27.3 Å². The van der Waals surface area contributed by atoms with E-state index in [9.17, 15) is 4.79 Å². The average molecular weight is 405 g/mol. The lowest BCUT2D eigenvalue weighted by atomic mass is 9.86. The molecule has 0 fully saturated rings. The number of methoxy groups -OCH3 is 2. The molecule has 5 nitrogen and oxygen atoms in total. The van der Waals surface area contributed by atoms with Crippen LogP contribution in [0.3, 0.4) is 0 Å². The largest absolute Gasteiger partial charge is 0.493 e. The molecule has 1 N–H and O–H groups in total. The first kappa shape index (κ1) is 20.2. The number of carbonyl (C=O) groups excluding carboxylic acids is 1. The van der Waals surface area contributed by atoms with Crippen molar-refractivity contribution < 1.29 is 14.3 Å². The lowest BCUT2D eigenvalue weighted by Crippen LogP contribution is -2.28. The van der Waals surface area contributed by atoms with E-state index in [0.29, 0.717) is 17.4 Å². The summed E-state index contributed by atoms with van der Waals surface area (Å²) in [5, 5.41) is 3.35. The van der Waals surface area contributed by atoms with Crippen LogP contribution >= 0.6 is 0 Å². The second-order valence-electron chi connectivity index (χ2n) is 7.74. The lowest BCUT2D eigenvalue weighted by Gasteiger charge is -2.28. The molecule has 0 aliphatic carbocycles. The molecule has 30 heavy (non-hydrogen) atoms. The number of nitrogens with zero attached hydrogens (tertiary/aromatic N) is 1. The highest BCUT2D eigenvalue weighted by Gasteiger charge is 2.24. The molecule has 1 aromatic rings. The zero-order valence-electron chi connectivity index (χ0n) is 17.8. The first-order valence-corrected chi connectivity index (χ1v) is 10.4. The molecule has 1 aromatic carbocycles. The summed E-state index contributed by atoms with van der Waals surface area (Å²) in [6.07, 6.45) is 14.0. The Bertz CT molecular complexity index is 998. The number of benzene rings is 1. The van der Waals surface area contributed by atoms with E-state index in [1.807, 2.05) is 42.6 Å². The van der Waals surface area contributed by atoms with Crippen LogP contribution in [0.4, 0.5) is 0 Å². The van der Waals surface area contributed by atoms with Gasteiger partial charge in [-0.25, -0.2) is 0 Å². The van der Waals surface area contributed by atoms with E-state index >= 15 is 0 Å². The van der Waals surface area contributed by atoms with Crippen molar-refractivity contribution in [2.24, 2.45) is 5.92 Å². The standard InChI is InChI=1S/C25H28N2O3/c1-17-4-7-21-8-5-20(19-6-9-23(29-2)24(14-19)30-3)16-27(21)25(28)15-22(17)18-10-12-26-13-11-18/h5-10,14-17,26H,4,11-13H2,1-3H3. The van der Waals surface area contributed by atoms with Gasteiger partial charge in [-0.1, -0.05) is 31.2 Å². The summed E-state index contributed by atoms with van der Waals surface area (Å²) in [5.41, 5.74) is 5.30. The third kappa shape index (κ3) is 3.98. The molecule has 3 aliphatic heterocycles. The van der Waals surface area contributed by atoms with Gasteiger partial charge in [0.2, 0.25) is 0 Å². The number of hydrogen-bond acceptors (Lipinski definition) is 4. The van der Waals surface area contributed by atoms with Crippen molar-refractivity contribution in [3.8, 4) is 11.5 Å². The van der Waals surface area contributed by atoms with Crippen molar-refractivity contribution in [3.05, 3.63) is 77.2 Å². The average Bonchev–Trinajstić information content (AvgIpc) is 2.80. The second kappa shape index (κ2) is 8.76. The Morgan fingerprint density at radius 2 is 1.93 bits per heavy atom. The van der Waals surface area contributed by atoms with E-state index in [0.717, 1.165) is 48.3 Å². The van der Waals surface area contributed by atoms with E-state index in [4.69, 9.17) is 9.47 Å². The van der Waals surface area contributed by atoms with Crippen LogP contribution in [0.5, 0.6) is 11.5 Å². The Balaban J connectivity index is 1.68. The quantitative estimate of drug-likeness (QED) is 0.817. The molecule has 3 aliphatic rings. The third-order valence-corrected chi connectivity index (χ3v) is 5.86. The van der Waals surface area contributed by atoms with Gasteiger partial charge in [0.25, 0.3) is 5.91 Å². The maximum atomic E-state index is 13.2. The summed E-state index contributed by atoms with van der Waals surface area (Å²) in [7, 11) is 3.24. The Kier molecular flexibility index (Phi) is 5.91. The number of nitrogens with one attached hydrogen (secondary N) is 1. The second-order valence-corrected chi connectivity index (χ2v) is 7.74. The first-order valence-electron chi connectivity index (χ1n) is 10.4. The lowest BCUT2D eigenvalue weighted by molar-refractivity contribution is -0.122. The van der Waals surface area contributed by atoms with Crippen LogP contribution < -0.4 is 14.8 Å². The number of amides is 1. The Morgan fingerprint density at radius 1 is 1.10 bits per heavy atom. The topological polar surface area (TPSA) is 50.8 Å². The highest BCUT2D eigenvalue weighted by Crippen LogP contribution is 2.35. The van der Waals surface area contributed by atoms with E-state index < -0.39 is 0 Å². The summed E-state index contributed by atoms with van der Waals surface area (Å²) < 4.78 is 10.8. The number of rotatable bonds is 4. The maximum Gasteiger partial charge on any atom is 0.255 e. The van der Waals surface area contributed by atoms with E-state index in [-0.39, 0.29) is 5.91 Å². The van der Waals surface area contributed by atoms with Gasteiger partial charge in [0.05, 0.1) is 14.2 Å². The van der Waals surface area contributed by atoms with Gasteiger partial charge in [0.1, 0.15) is 0 Å². The fourth-order valence-electron chi connectivity index (χ4n) is 4.12. The summed E-state index contributed by atoms with van der Waals surface area (Å²) in [6, 6.07) is 5.79. The molecular formula is C25H28N2O3. The predicted octanol–water partition coefficient (Wildman–Crippen LogP) is 4.21. The molecule has 0 aromatic heterocycles. The predicted molar refractivity (Wildman–Crippen MR) is 119 cm³/mol. The zero-order chi connectivity index (χ0) is 21.1. The van der Waals surface area contributed by atoms with Crippen LogP contribution in [-0.2, 0) is 4.79 Å². The van der Waals surface area contributed by atoms with E-state index in [1.54, 1.807) is 19.1 Å². The molecule has 4 rings (SSSR count). The summed E-state index contributed by atoms with van der Waals surface area (Å²) >= 11 is 0. The Morgan fingerprint density at radius 3 is 2.67 bits per heavy atom. The monoisotopic (exact) mass is 404 g/mol. The van der Waals surface area contributed by atoms with E-state index in [2.05, 4.69) is 24.4 Å². The fourth-order valence-corrected chi connectivity index (χ4v) is 4.12. The van der Waals surface area contributed by atoms with Crippen LogP contribution in [0.1, 0.15) is 25.3 Å². The number of hydrogen-bond donors (Lipinski definition) is 1. The summed E-state index contributed by atoms with van der Waals surface area (Å²) in [4.78, 5) is 15.0. The molecule has 1 amide bonds. The summed E-state index contributed by atoms with van der Waals surface area (Å²) in [5.74, 6) is 1.65. The van der Waals surface area contributed by atoms with Crippen molar-refractivity contribution in [1.29, 1.82) is 0 Å². The van der Waals surface area contributed by atoms with Gasteiger partial charge in [-0.3, -0.25) is 9.69 Å². The van der Waals surface area contributed by atoms with Crippen LogP contribution in [0.2, 0.25) is 0 Å². The molecule has 0 saturated carbocycles. The number of ether oxygens (including phenoxy) is 2. The molecule has 0 bridgehead atoms. The molecule has 0 radical (unpaired) electrons. The molecule has 1 unspecified atom stereocenters. The van der Waals surface area contributed by atoms with Crippen molar-refractivity contribution in [1.82, 2.24) is 10.2 Å². The van der Waals surface area contributed by atoms with Crippen molar-refractivity contribution in [3.63, 3.8) is 0 Å². The molecule has 3 heterocycles. The van der Waals surface area contributed by atoms with Gasteiger partial charge < -0.3 is 14.8 Å².